The molecular weight excluding hydrogens is 262 g/mol. The highest BCUT2D eigenvalue weighted by Crippen LogP contribution is 2.32. The van der Waals surface area contributed by atoms with E-state index in [0.29, 0.717) is 11.8 Å². The lowest BCUT2D eigenvalue weighted by Crippen LogP contribution is -2.25. The molecule has 4 nitrogen and oxygen atoms in total. The van der Waals surface area contributed by atoms with E-state index in [9.17, 15) is 5.11 Å². The maximum atomic E-state index is 9.74. The maximum Gasteiger partial charge on any atom is 0.115 e. The number of aromatic hydroxyl groups is 1. The van der Waals surface area contributed by atoms with Crippen LogP contribution >= 0.6 is 0 Å². The molecule has 0 saturated carbocycles. The molecule has 1 atom stereocenters. The number of nitrogens with zero attached hydrogens (tertiary/aromatic N) is 2. The fourth-order valence-electron chi connectivity index (χ4n) is 3.26. The van der Waals surface area contributed by atoms with Crippen molar-refractivity contribution in [1.82, 2.24) is 15.1 Å². The quantitative estimate of drug-likeness (QED) is 0.908. The van der Waals surface area contributed by atoms with E-state index in [0.717, 1.165) is 31.5 Å². The number of phenolic OH excluding ortho intramolecular Hbond substituents is 1. The number of fused-ring (bicyclic) bond motifs is 1. The first-order chi connectivity index (χ1) is 10.2. The van der Waals surface area contributed by atoms with E-state index >= 15 is 0 Å². The van der Waals surface area contributed by atoms with Crippen LogP contribution in [0.2, 0.25) is 0 Å². The third kappa shape index (κ3) is 2.95. The molecule has 1 unspecified atom stereocenters. The molecule has 0 fully saturated rings. The van der Waals surface area contributed by atoms with Gasteiger partial charge in [0.05, 0.1) is 5.69 Å². The Morgan fingerprint density at radius 3 is 3.10 bits per heavy atom. The molecular formula is C17H23N3O. The predicted octanol–water partition coefficient (Wildman–Crippen LogP) is 2.86. The largest absolute Gasteiger partial charge is 0.508 e. The molecule has 112 valence electrons. The van der Waals surface area contributed by atoms with Gasteiger partial charge in [0.25, 0.3) is 0 Å². The zero-order valence-electron chi connectivity index (χ0n) is 12.8. The second-order valence-electron chi connectivity index (χ2n) is 5.84. The van der Waals surface area contributed by atoms with Gasteiger partial charge in [-0.3, -0.25) is 4.68 Å². The second-order valence-corrected chi connectivity index (χ2v) is 5.84. The van der Waals surface area contributed by atoms with Gasteiger partial charge in [0.15, 0.2) is 0 Å². The van der Waals surface area contributed by atoms with Crippen molar-refractivity contribution in [2.45, 2.75) is 45.2 Å². The van der Waals surface area contributed by atoms with Crippen LogP contribution in [0, 0.1) is 0 Å². The molecule has 0 saturated heterocycles. The van der Waals surface area contributed by atoms with Crippen molar-refractivity contribution in [2.24, 2.45) is 7.05 Å². The summed E-state index contributed by atoms with van der Waals surface area (Å²) in [4.78, 5) is 0. The molecule has 4 heteroatoms. The van der Waals surface area contributed by atoms with Gasteiger partial charge in [0.1, 0.15) is 5.75 Å². The Morgan fingerprint density at radius 2 is 2.29 bits per heavy atom. The fourth-order valence-corrected chi connectivity index (χ4v) is 3.26. The summed E-state index contributed by atoms with van der Waals surface area (Å²) < 4.78 is 1.89. The normalized spacial score (nSPS) is 17.7. The van der Waals surface area contributed by atoms with Crippen molar-refractivity contribution < 1.29 is 5.11 Å². The molecule has 3 rings (SSSR count). The molecule has 1 aliphatic carbocycles. The van der Waals surface area contributed by atoms with Crippen molar-refractivity contribution in [3.63, 3.8) is 0 Å². The highest BCUT2D eigenvalue weighted by atomic mass is 16.3. The highest BCUT2D eigenvalue weighted by molar-refractivity contribution is 5.38. The van der Waals surface area contributed by atoms with Crippen LogP contribution in [0.4, 0.5) is 0 Å². The van der Waals surface area contributed by atoms with Crippen LogP contribution in [0.3, 0.4) is 0 Å². The summed E-state index contributed by atoms with van der Waals surface area (Å²) in [7, 11) is 1.97. The Bertz CT molecular complexity index is 633. The predicted molar refractivity (Wildman–Crippen MR) is 83.2 cm³/mol. The van der Waals surface area contributed by atoms with Gasteiger partial charge in [-0.25, -0.2) is 0 Å². The van der Waals surface area contributed by atoms with Crippen molar-refractivity contribution >= 4 is 0 Å². The van der Waals surface area contributed by atoms with Crippen LogP contribution in [-0.4, -0.2) is 14.9 Å². The molecule has 21 heavy (non-hydrogen) atoms. The molecule has 1 aliphatic rings. The average Bonchev–Trinajstić information content (AvgIpc) is 2.85. The summed E-state index contributed by atoms with van der Waals surface area (Å²) >= 11 is 0. The zero-order valence-corrected chi connectivity index (χ0v) is 12.8. The molecule has 1 heterocycles. The number of rotatable bonds is 4. The topological polar surface area (TPSA) is 50.1 Å². The zero-order chi connectivity index (χ0) is 14.8. The van der Waals surface area contributed by atoms with Crippen LogP contribution in [0.1, 0.15) is 48.2 Å². The summed E-state index contributed by atoms with van der Waals surface area (Å²) in [6.45, 7) is 2.97. The average molecular weight is 285 g/mol. The second kappa shape index (κ2) is 5.90. The molecule has 0 amide bonds. The molecule has 1 aromatic heterocycles. The van der Waals surface area contributed by atoms with Gasteiger partial charge >= 0.3 is 0 Å². The van der Waals surface area contributed by atoms with Crippen LogP contribution in [0.25, 0.3) is 0 Å². The van der Waals surface area contributed by atoms with Crippen LogP contribution in [0.15, 0.2) is 24.4 Å². The molecule has 2 aromatic rings. The van der Waals surface area contributed by atoms with Gasteiger partial charge in [-0.15, -0.1) is 0 Å². The van der Waals surface area contributed by atoms with Crippen molar-refractivity contribution in [3.05, 3.63) is 46.8 Å². The molecule has 0 radical (unpaired) electrons. The number of aromatic nitrogens is 2. The van der Waals surface area contributed by atoms with Gasteiger partial charge in [-0.05, 0) is 48.9 Å². The Morgan fingerprint density at radius 1 is 1.43 bits per heavy atom. The first-order valence-electron chi connectivity index (χ1n) is 7.74. The maximum absolute atomic E-state index is 9.74. The number of benzene rings is 1. The van der Waals surface area contributed by atoms with Crippen molar-refractivity contribution in [3.8, 4) is 5.75 Å². The van der Waals surface area contributed by atoms with E-state index in [-0.39, 0.29) is 0 Å². The molecule has 0 bridgehead atoms. The van der Waals surface area contributed by atoms with E-state index in [1.165, 1.54) is 23.1 Å². The number of hydrogen-bond donors (Lipinski definition) is 2. The standard InChI is InChI=1S/C17H23N3O/c1-3-16-13(11-20(2)19-16)10-18-17-6-4-5-12-7-8-14(21)9-15(12)17/h7-9,11,17-18,21H,3-6,10H2,1-2H3. The van der Waals surface area contributed by atoms with Gasteiger partial charge in [-0.2, -0.15) is 5.10 Å². The van der Waals surface area contributed by atoms with E-state index in [1.54, 1.807) is 6.07 Å². The molecule has 0 spiro atoms. The van der Waals surface area contributed by atoms with E-state index < -0.39 is 0 Å². The number of hydrogen-bond acceptors (Lipinski definition) is 3. The van der Waals surface area contributed by atoms with Crippen molar-refractivity contribution in [2.75, 3.05) is 0 Å². The lowest BCUT2D eigenvalue weighted by molar-refractivity contribution is 0.445. The monoisotopic (exact) mass is 285 g/mol. The number of aryl methyl sites for hydroxylation is 3. The Hall–Kier alpha value is -1.81. The van der Waals surface area contributed by atoms with E-state index in [1.807, 2.05) is 17.8 Å². The number of nitrogens with one attached hydrogen (secondary N) is 1. The minimum atomic E-state index is 0.325. The third-order valence-corrected chi connectivity index (χ3v) is 4.31. The van der Waals surface area contributed by atoms with Crippen molar-refractivity contribution in [1.29, 1.82) is 0 Å². The van der Waals surface area contributed by atoms with E-state index in [4.69, 9.17) is 0 Å². The summed E-state index contributed by atoms with van der Waals surface area (Å²) in [6, 6.07) is 6.08. The van der Waals surface area contributed by atoms with E-state index in [2.05, 4.69) is 29.6 Å². The smallest absolute Gasteiger partial charge is 0.115 e. The van der Waals surface area contributed by atoms with Gasteiger partial charge in [0.2, 0.25) is 0 Å². The Balaban J connectivity index is 1.76. The van der Waals surface area contributed by atoms with Gasteiger partial charge < -0.3 is 10.4 Å². The lowest BCUT2D eigenvalue weighted by atomic mass is 9.87. The summed E-state index contributed by atoms with van der Waals surface area (Å²) in [5, 5.41) is 17.9. The summed E-state index contributed by atoms with van der Waals surface area (Å²) in [5.41, 5.74) is 5.05. The summed E-state index contributed by atoms with van der Waals surface area (Å²) in [5.74, 6) is 0.359. The third-order valence-electron chi connectivity index (χ3n) is 4.31. The van der Waals surface area contributed by atoms with Crippen LogP contribution in [0.5, 0.6) is 5.75 Å². The minimum absolute atomic E-state index is 0.325. The molecule has 2 N–H and O–H groups in total. The first-order valence-corrected chi connectivity index (χ1v) is 7.74. The van der Waals surface area contributed by atoms with Gasteiger partial charge in [-0.1, -0.05) is 13.0 Å². The Kier molecular flexibility index (Phi) is 3.97. The highest BCUT2D eigenvalue weighted by Gasteiger charge is 2.20. The Labute approximate surface area is 125 Å². The lowest BCUT2D eigenvalue weighted by Gasteiger charge is -2.26. The first kappa shape index (κ1) is 14.1. The molecule has 0 aliphatic heterocycles. The number of phenols is 1. The SMILES string of the molecule is CCc1nn(C)cc1CNC1CCCc2ccc(O)cc21. The minimum Gasteiger partial charge on any atom is -0.508 e. The fraction of sp³-hybridized carbons (Fsp3) is 0.471. The van der Waals surface area contributed by atoms with Gasteiger partial charge in [0, 0.05) is 31.4 Å². The van der Waals surface area contributed by atoms with Crippen LogP contribution in [-0.2, 0) is 26.4 Å². The van der Waals surface area contributed by atoms with Crippen LogP contribution < -0.4 is 5.32 Å². The molecule has 1 aromatic carbocycles. The summed E-state index contributed by atoms with van der Waals surface area (Å²) in [6.07, 6.45) is 6.49.